The lowest BCUT2D eigenvalue weighted by molar-refractivity contribution is -0.0971. The number of nitrogens with zero attached hydrogens (tertiary/aromatic N) is 1. The van der Waals surface area contributed by atoms with Crippen molar-refractivity contribution in [2.24, 2.45) is 5.92 Å². The summed E-state index contributed by atoms with van der Waals surface area (Å²) in [5, 5.41) is 11.4. The summed E-state index contributed by atoms with van der Waals surface area (Å²) in [6.45, 7) is 3.90. The Hall–Kier alpha value is -2.87. The first kappa shape index (κ1) is 24.8. The molecule has 0 saturated heterocycles. The number of hydrogen-bond acceptors (Lipinski definition) is 2. The van der Waals surface area contributed by atoms with E-state index >= 15 is 0 Å². The molecule has 0 spiro atoms. The van der Waals surface area contributed by atoms with Crippen LogP contribution in [0.5, 0.6) is 0 Å². The molecule has 174 valence electrons. The highest BCUT2D eigenvalue weighted by molar-refractivity contribution is 9.11. The Kier molecular flexibility index (Phi) is 7.47. The largest absolute Gasteiger partial charge is 0.413 e. The van der Waals surface area contributed by atoms with Gasteiger partial charge in [-0.15, -0.1) is 0 Å². The maximum atomic E-state index is 13.9. The molecule has 1 unspecified atom stereocenters. The first-order valence-corrected chi connectivity index (χ1v) is 11.0. The Morgan fingerprint density at radius 2 is 1.94 bits per heavy atom. The molecule has 2 N–H and O–H groups in total. The third-order valence-electron chi connectivity index (χ3n) is 5.42. The predicted octanol–water partition coefficient (Wildman–Crippen LogP) is 7.14. The van der Waals surface area contributed by atoms with Gasteiger partial charge in [-0.3, -0.25) is 5.41 Å². The van der Waals surface area contributed by atoms with Gasteiger partial charge < -0.3 is 10.2 Å². The summed E-state index contributed by atoms with van der Waals surface area (Å²) in [4.78, 5) is 1.58. The van der Waals surface area contributed by atoms with E-state index in [1.54, 1.807) is 49.3 Å². The van der Waals surface area contributed by atoms with E-state index < -0.39 is 23.5 Å². The van der Waals surface area contributed by atoms with E-state index in [-0.39, 0.29) is 12.4 Å². The lowest BCUT2D eigenvalue weighted by atomic mass is 9.90. The summed E-state index contributed by atoms with van der Waals surface area (Å²) in [5.74, 6) is -1.22. The van der Waals surface area contributed by atoms with E-state index in [0.717, 1.165) is 11.6 Å². The number of halogens is 5. The molecule has 0 aliphatic heterocycles. The predicted molar refractivity (Wildman–Crippen MR) is 129 cm³/mol. The number of anilines is 1. The minimum Gasteiger partial charge on any atom is -0.384 e. The Balaban J connectivity index is 1.89. The molecule has 1 atom stereocenters. The van der Waals surface area contributed by atoms with Crippen LogP contribution < -0.4 is 5.32 Å². The molecular formula is C25H24BrF4N3. The van der Waals surface area contributed by atoms with Crippen molar-refractivity contribution in [3.05, 3.63) is 88.2 Å². The molecule has 0 heterocycles. The monoisotopic (exact) mass is 521 g/mol. The van der Waals surface area contributed by atoms with Gasteiger partial charge in [0.25, 0.3) is 0 Å². The topological polar surface area (TPSA) is 39.1 Å². The van der Waals surface area contributed by atoms with Gasteiger partial charge in [0.2, 0.25) is 0 Å². The van der Waals surface area contributed by atoms with Crippen LogP contribution >= 0.6 is 15.9 Å². The van der Waals surface area contributed by atoms with Gasteiger partial charge in [0.15, 0.2) is 0 Å². The number of benzene rings is 2. The van der Waals surface area contributed by atoms with Gasteiger partial charge in [0.05, 0.1) is 0 Å². The number of nitrogens with one attached hydrogen (secondary N) is 2. The molecule has 0 bridgehead atoms. The first-order chi connectivity index (χ1) is 15.5. The smallest absolute Gasteiger partial charge is 0.384 e. The summed E-state index contributed by atoms with van der Waals surface area (Å²) in [7, 11) is 3.40. The average Bonchev–Trinajstić information content (AvgIpc) is 2.90. The van der Waals surface area contributed by atoms with Gasteiger partial charge >= 0.3 is 6.18 Å². The van der Waals surface area contributed by atoms with Crippen molar-refractivity contribution in [3.63, 3.8) is 0 Å². The Morgan fingerprint density at radius 1 is 1.21 bits per heavy atom. The molecule has 1 aliphatic rings. The second-order valence-electron chi connectivity index (χ2n) is 8.00. The highest BCUT2D eigenvalue weighted by Gasteiger charge is 2.40. The zero-order chi connectivity index (χ0) is 24.3. The quantitative estimate of drug-likeness (QED) is 0.190. The molecule has 33 heavy (non-hydrogen) atoms. The van der Waals surface area contributed by atoms with Crippen molar-refractivity contribution in [2.45, 2.75) is 12.6 Å². The highest BCUT2D eigenvalue weighted by atomic mass is 79.9. The Morgan fingerprint density at radius 3 is 2.61 bits per heavy atom. The van der Waals surface area contributed by atoms with Crippen molar-refractivity contribution in [1.82, 2.24) is 4.90 Å². The fourth-order valence-electron chi connectivity index (χ4n) is 3.65. The molecule has 3 rings (SSSR count). The summed E-state index contributed by atoms with van der Waals surface area (Å²) in [6, 6.07) is 11.4. The molecule has 2 aromatic carbocycles. The van der Waals surface area contributed by atoms with Gasteiger partial charge in [-0.05, 0) is 47.9 Å². The zero-order valence-electron chi connectivity index (χ0n) is 18.2. The van der Waals surface area contributed by atoms with Crippen LogP contribution in [0.15, 0.2) is 76.8 Å². The average molecular weight is 522 g/mol. The molecule has 0 saturated carbocycles. The fraction of sp³-hybridized carbons (Fsp3) is 0.240. The summed E-state index contributed by atoms with van der Waals surface area (Å²) < 4.78 is 55.4. The normalized spacial score (nSPS) is 16.6. The molecule has 8 heteroatoms. The van der Waals surface area contributed by atoms with Crippen LogP contribution in [0.1, 0.15) is 12.0 Å². The summed E-state index contributed by atoms with van der Waals surface area (Å²) >= 11 is 3.17. The van der Waals surface area contributed by atoms with E-state index in [9.17, 15) is 17.6 Å². The first-order valence-electron chi connectivity index (χ1n) is 10.2. The van der Waals surface area contributed by atoms with Gasteiger partial charge in [-0.25, -0.2) is 4.39 Å². The molecule has 2 aromatic rings. The Labute approximate surface area is 199 Å². The molecule has 0 aromatic heterocycles. The van der Waals surface area contributed by atoms with Crippen molar-refractivity contribution in [2.75, 3.05) is 26.0 Å². The molecule has 0 radical (unpaired) electrons. The zero-order valence-corrected chi connectivity index (χ0v) is 19.8. The Bertz CT molecular complexity index is 1130. The van der Waals surface area contributed by atoms with Crippen molar-refractivity contribution < 1.29 is 17.6 Å². The summed E-state index contributed by atoms with van der Waals surface area (Å²) in [5.41, 5.74) is 2.23. The van der Waals surface area contributed by atoms with E-state index in [4.69, 9.17) is 5.41 Å². The number of hydrogen-bond donors (Lipinski definition) is 2. The highest BCUT2D eigenvalue weighted by Crippen LogP contribution is 2.39. The van der Waals surface area contributed by atoms with Gasteiger partial charge in [-0.2, -0.15) is 13.2 Å². The number of alkyl halides is 3. The molecule has 1 aliphatic carbocycles. The van der Waals surface area contributed by atoms with E-state index in [2.05, 4.69) is 27.8 Å². The van der Waals surface area contributed by atoms with Crippen LogP contribution in [-0.2, 0) is 0 Å². The molecule has 0 fully saturated rings. The molecule has 3 nitrogen and oxygen atoms in total. The maximum absolute atomic E-state index is 13.9. The van der Waals surface area contributed by atoms with Crippen molar-refractivity contribution in [3.8, 4) is 11.1 Å². The minimum atomic E-state index is -4.48. The fourth-order valence-corrected chi connectivity index (χ4v) is 4.06. The number of rotatable bonds is 5. The second-order valence-corrected chi connectivity index (χ2v) is 8.91. The molecular weight excluding hydrogens is 498 g/mol. The van der Waals surface area contributed by atoms with Crippen LogP contribution in [0.4, 0.5) is 23.2 Å². The van der Waals surface area contributed by atoms with Crippen molar-refractivity contribution in [1.29, 1.82) is 5.41 Å². The van der Waals surface area contributed by atoms with E-state index in [1.165, 1.54) is 12.1 Å². The molecule has 0 amide bonds. The standard InChI is InChI=1S/C25H24BrF4N3/c1-15-7-8-17(26)12-23(25(28,29)30)22(15)14-32-19-6-4-5-16(11-19)20-10-9-18(27)13-21(20)24(31)33(2)3/h4-6,8-13,22,31-32H,1,7,14H2,2-3H3. The van der Waals surface area contributed by atoms with Crippen LogP contribution in [0.2, 0.25) is 0 Å². The lowest BCUT2D eigenvalue weighted by Crippen LogP contribution is -2.26. The van der Waals surface area contributed by atoms with Gasteiger partial charge in [0, 0.05) is 47.9 Å². The minimum absolute atomic E-state index is 0.0194. The van der Waals surface area contributed by atoms with E-state index in [0.29, 0.717) is 33.3 Å². The third-order valence-corrected chi connectivity index (χ3v) is 5.97. The maximum Gasteiger partial charge on any atom is 0.413 e. The third kappa shape index (κ3) is 5.93. The van der Waals surface area contributed by atoms with Crippen LogP contribution in [0.3, 0.4) is 0 Å². The number of amidine groups is 1. The second kappa shape index (κ2) is 9.95. The van der Waals surface area contributed by atoms with Gasteiger partial charge in [0.1, 0.15) is 11.7 Å². The van der Waals surface area contributed by atoms with Crippen LogP contribution in [-0.4, -0.2) is 37.6 Å². The van der Waals surface area contributed by atoms with E-state index in [1.807, 2.05) is 6.07 Å². The lowest BCUT2D eigenvalue weighted by Gasteiger charge is -2.24. The SMILES string of the molecule is C=C1CC=C(Br)C=C(C(F)(F)F)C1CNc1cccc(-c2ccc(F)cc2C(=N)N(C)C)c1. The summed E-state index contributed by atoms with van der Waals surface area (Å²) in [6.07, 6.45) is -1.36. The van der Waals surface area contributed by atoms with Crippen LogP contribution in [0.25, 0.3) is 11.1 Å². The van der Waals surface area contributed by atoms with Crippen molar-refractivity contribution >= 4 is 27.5 Å². The van der Waals surface area contributed by atoms with Gasteiger partial charge in [-0.1, -0.05) is 52.4 Å². The number of allylic oxidation sites excluding steroid dienone is 3. The van der Waals surface area contributed by atoms with Crippen LogP contribution in [0, 0.1) is 17.1 Å².